The Balaban J connectivity index is 1.90. The predicted molar refractivity (Wildman–Crippen MR) is 120 cm³/mol. The Kier molecular flexibility index (Phi) is 7.57. The van der Waals surface area contributed by atoms with E-state index >= 15 is 0 Å². The first-order chi connectivity index (χ1) is 15.3. The molecule has 2 atom stereocenters. The number of rotatable bonds is 8. The number of benzene rings is 3. The van der Waals surface area contributed by atoms with Crippen LogP contribution in [0.4, 0.5) is 18.9 Å². The van der Waals surface area contributed by atoms with Crippen molar-refractivity contribution in [2.75, 3.05) is 4.90 Å². The van der Waals surface area contributed by atoms with Gasteiger partial charge in [-0.15, -0.1) is 0 Å². The van der Waals surface area contributed by atoms with Gasteiger partial charge in [-0.2, -0.15) is 13.2 Å². The van der Waals surface area contributed by atoms with Crippen molar-refractivity contribution in [1.82, 2.24) is 0 Å². The average Bonchev–Trinajstić information content (AvgIpc) is 2.79. The zero-order valence-corrected chi connectivity index (χ0v) is 18.0. The molecule has 0 heterocycles. The standard InChI is InChI=1S/C26H26F3NO2/c1-3-22(18-25(31)32-24-12-8-5-9-13-24)30(19(2)20-10-6-4-7-11-20)23-16-14-21(15-17-23)26(27,28)29/h4-17,19,22H,3,18H2,1-2H3/t19-,22-/m1/s1. The zero-order valence-electron chi connectivity index (χ0n) is 18.0. The molecule has 0 saturated heterocycles. The third kappa shape index (κ3) is 5.90. The molecule has 0 aliphatic heterocycles. The fourth-order valence-corrected chi connectivity index (χ4v) is 3.76. The summed E-state index contributed by atoms with van der Waals surface area (Å²) in [6.45, 7) is 3.94. The summed E-state index contributed by atoms with van der Waals surface area (Å²) in [5, 5.41) is 0. The van der Waals surface area contributed by atoms with Crippen molar-refractivity contribution < 1.29 is 22.7 Å². The van der Waals surface area contributed by atoms with Gasteiger partial charge in [-0.25, -0.2) is 0 Å². The average molecular weight is 441 g/mol. The minimum absolute atomic E-state index is 0.101. The highest BCUT2D eigenvalue weighted by Gasteiger charge is 2.31. The van der Waals surface area contributed by atoms with Gasteiger partial charge in [-0.05, 0) is 55.3 Å². The number of nitrogens with zero attached hydrogens (tertiary/aromatic N) is 1. The number of anilines is 1. The molecule has 0 radical (unpaired) electrons. The van der Waals surface area contributed by atoms with Gasteiger partial charge in [0.05, 0.1) is 18.0 Å². The molecule has 0 aliphatic carbocycles. The summed E-state index contributed by atoms with van der Waals surface area (Å²) in [4.78, 5) is 14.7. The molecule has 32 heavy (non-hydrogen) atoms. The second kappa shape index (κ2) is 10.4. The summed E-state index contributed by atoms with van der Waals surface area (Å²) in [6, 6.07) is 23.2. The Labute approximate surface area is 186 Å². The van der Waals surface area contributed by atoms with Crippen LogP contribution in [0.15, 0.2) is 84.9 Å². The number of carbonyl (C=O) groups is 1. The number of alkyl halides is 3. The molecule has 6 heteroatoms. The smallest absolute Gasteiger partial charge is 0.416 e. The number of para-hydroxylation sites is 1. The highest BCUT2D eigenvalue weighted by atomic mass is 19.4. The number of esters is 1. The van der Waals surface area contributed by atoms with Crippen LogP contribution in [-0.4, -0.2) is 12.0 Å². The third-order valence-corrected chi connectivity index (χ3v) is 5.43. The van der Waals surface area contributed by atoms with E-state index in [0.717, 1.165) is 17.7 Å². The lowest BCUT2D eigenvalue weighted by Crippen LogP contribution is -2.39. The van der Waals surface area contributed by atoms with E-state index in [1.165, 1.54) is 12.1 Å². The molecule has 3 aromatic carbocycles. The van der Waals surface area contributed by atoms with E-state index in [1.54, 1.807) is 24.3 Å². The van der Waals surface area contributed by atoms with Gasteiger partial charge in [0, 0.05) is 11.7 Å². The maximum atomic E-state index is 13.1. The normalized spacial score (nSPS) is 13.3. The molecular weight excluding hydrogens is 415 g/mol. The van der Waals surface area contributed by atoms with Crippen LogP contribution in [0.3, 0.4) is 0 Å². The molecule has 0 N–H and O–H groups in total. The molecule has 0 unspecified atom stereocenters. The van der Waals surface area contributed by atoms with Crippen LogP contribution in [-0.2, 0) is 11.0 Å². The van der Waals surface area contributed by atoms with Crippen molar-refractivity contribution in [2.24, 2.45) is 0 Å². The molecule has 3 aromatic rings. The number of ether oxygens (including phenoxy) is 1. The molecule has 168 valence electrons. The van der Waals surface area contributed by atoms with Gasteiger partial charge >= 0.3 is 12.1 Å². The summed E-state index contributed by atoms with van der Waals surface area (Å²) in [6.07, 6.45) is -3.69. The first kappa shape index (κ1) is 23.4. The highest BCUT2D eigenvalue weighted by molar-refractivity contribution is 5.74. The van der Waals surface area contributed by atoms with Gasteiger partial charge in [0.15, 0.2) is 0 Å². The van der Waals surface area contributed by atoms with Crippen LogP contribution in [0, 0.1) is 0 Å². The molecule has 3 rings (SSSR count). The summed E-state index contributed by atoms with van der Waals surface area (Å²) >= 11 is 0. The van der Waals surface area contributed by atoms with E-state index in [4.69, 9.17) is 4.74 Å². The molecule has 0 bridgehead atoms. The topological polar surface area (TPSA) is 29.5 Å². The van der Waals surface area contributed by atoms with Gasteiger partial charge in [0.2, 0.25) is 0 Å². The molecular formula is C26H26F3NO2. The molecule has 0 spiro atoms. The summed E-state index contributed by atoms with van der Waals surface area (Å²) in [7, 11) is 0. The molecule has 3 nitrogen and oxygen atoms in total. The van der Waals surface area contributed by atoms with Crippen LogP contribution in [0.5, 0.6) is 5.75 Å². The number of hydrogen-bond acceptors (Lipinski definition) is 3. The van der Waals surface area contributed by atoms with E-state index in [0.29, 0.717) is 17.9 Å². The molecule has 0 aliphatic rings. The van der Waals surface area contributed by atoms with Crippen molar-refractivity contribution in [1.29, 1.82) is 0 Å². The van der Waals surface area contributed by atoms with Gasteiger partial charge in [0.25, 0.3) is 0 Å². The van der Waals surface area contributed by atoms with E-state index in [9.17, 15) is 18.0 Å². The Morgan fingerprint density at radius 1 is 0.906 bits per heavy atom. The predicted octanol–water partition coefficient (Wildman–Crippen LogP) is 7.05. The Hall–Kier alpha value is -3.28. The van der Waals surface area contributed by atoms with Crippen LogP contribution in [0.1, 0.15) is 43.9 Å². The van der Waals surface area contributed by atoms with Gasteiger partial charge in [-0.1, -0.05) is 55.5 Å². The molecule has 0 amide bonds. The van der Waals surface area contributed by atoms with Crippen LogP contribution in [0.25, 0.3) is 0 Å². The number of carbonyl (C=O) groups excluding carboxylic acids is 1. The fourth-order valence-electron chi connectivity index (χ4n) is 3.76. The Morgan fingerprint density at radius 3 is 2.00 bits per heavy atom. The lowest BCUT2D eigenvalue weighted by atomic mass is 10.00. The van der Waals surface area contributed by atoms with E-state index in [-0.39, 0.29) is 24.5 Å². The van der Waals surface area contributed by atoms with Crippen molar-refractivity contribution in [2.45, 2.75) is 44.9 Å². The lowest BCUT2D eigenvalue weighted by Gasteiger charge is -2.38. The fraction of sp³-hybridized carbons (Fsp3) is 0.269. The minimum atomic E-state index is -4.40. The molecule has 0 saturated carbocycles. The van der Waals surface area contributed by atoms with Crippen molar-refractivity contribution in [3.63, 3.8) is 0 Å². The van der Waals surface area contributed by atoms with Gasteiger partial charge in [-0.3, -0.25) is 4.79 Å². The van der Waals surface area contributed by atoms with E-state index in [1.807, 2.05) is 55.1 Å². The highest BCUT2D eigenvalue weighted by Crippen LogP contribution is 2.35. The first-order valence-electron chi connectivity index (χ1n) is 10.6. The monoisotopic (exact) mass is 441 g/mol. The SMILES string of the molecule is CC[C@H](CC(=O)Oc1ccccc1)N(c1ccc(C(F)(F)F)cc1)[C@H](C)c1ccccc1. The van der Waals surface area contributed by atoms with Crippen LogP contribution >= 0.6 is 0 Å². The second-order valence-electron chi connectivity index (χ2n) is 7.59. The minimum Gasteiger partial charge on any atom is -0.426 e. The quantitative estimate of drug-likeness (QED) is 0.277. The summed E-state index contributed by atoms with van der Waals surface area (Å²) < 4.78 is 44.7. The van der Waals surface area contributed by atoms with Crippen molar-refractivity contribution in [3.05, 3.63) is 96.1 Å². The largest absolute Gasteiger partial charge is 0.426 e. The van der Waals surface area contributed by atoms with Crippen LogP contribution in [0.2, 0.25) is 0 Å². The number of halogens is 3. The third-order valence-electron chi connectivity index (χ3n) is 5.43. The zero-order chi connectivity index (χ0) is 23.1. The lowest BCUT2D eigenvalue weighted by molar-refractivity contribution is -0.137. The maximum Gasteiger partial charge on any atom is 0.416 e. The van der Waals surface area contributed by atoms with E-state index < -0.39 is 11.7 Å². The Bertz CT molecular complexity index is 989. The summed E-state index contributed by atoms with van der Waals surface area (Å²) in [5.74, 6) is 0.0739. The molecule has 0 aromatic heterocycles. The first-order valence-corrected chi connectivity index (χ1v) is 10.6. The maximum absolute atomic E-state index is 13.1. The van der Waals surface area contributed by atoms with Crippen LogP contribution < -0.4 is 9.64 Å². The molecule has 0 fully saturated rings. The van der Waals surface area contributed by atoms with Crippen molar-refractivity contribution >= 4 is 11.7 Å². The van der Waals surface area contributed by atoms with Crippen molar-refractivity contribution in [3.8, 4) is 5.75 Å². The van der Waals surface area contributed by atoms with Gasteiger partial charge in [0.1, 0.15) is 5.75 Å². The van der Waals surface area contributed by atoms with Gasteiger partial charge < -0.3 is 9.64 Å². The number of hydrogen-bond donors (Lipinski definition) is 0. The van der Waals surface area contributed by atoms with E-state index in [2.05, 4.69) is 0 Å². The Morgan fingerprint density at radius 2 is 1.47 bits per heavy atom. The second-order valence-corrected chi connectivity index (χ2v) is 7.59. The summed E-state index contributed by atoms with van der Waals surface area (Å²) in [5.41, 5.74) is 0.918.